The zero-order valence-corrected chi connectivity index (χ0v) is 12.3. The van der Waals surface area contributed by atoms with E-state index in [9.17, 15) is 27.1 Å². The highest BCUT2D eigenvalue weighted by Crippen LogP contribution is 2.30. The van der Waals surface area contributed by atoms with Gasteiger partial charge in [-0.1, -0.05) is 0 Å². The summed E-state index contributed by atoms with van der Waals surface area (Å²) in [6.07, 6.45) is -5.78. The lowest BCUT2D eigenvalue weighted by Crippen LogP contribution is -2.44. The first kappa shape index (κ1) is 17.9. The molecular formula is C15H18F5NO2. The Morgan fingerprint density at radius 1 is 1.13 bits per heavy atom. The summed E-state index contributed by atoms with van der Waals surface area (Å²) in [4.78, 5) is 1.72. The first-order valence-corrected chi connectivity index (χ1v) is 7.24. The molecule has 1 N–H and O–H groups in total. The number of benzene rings is 1. The monoisotopic (exact) mass is 339 g/mol. The summed E-state index contributed by atoms with van der Waals surface area (Å²) in [5, 5.41) is 9.84. The number of nitrogens with zero attached hydrogens (tertiary/aromatic N) is 1. The highest BCUT2D eigenvalue weighted by molar-refractivity contribution is 5.28. The van der Waals surface area contributed by atoms with E-state index in [0.717, 1.165) is 12.1 Å². The Balaban J connectivity index is 1.75. The van der Waals surface area contributed by atoms with Gasteiger partial charge in [-0.15, -0.1) is 0 Å². The minimum atomic E-state index is -4.41. The second kappa shape index (κ2) is 7.00. The molecule has 1 atom stereocenters. The number of aliphatic hydroxyl groups excluding tert-OH is 1. The van der Waals surface area contributed by atoms with E-state index in [4.69, 9.17) is 4.74 Å². The Morgan fingerprint density at radius 2 is 1.70 bits per heavy atom. The van der Waals surface area contributed by atoms with E-state index in [-0.39, 0.29) is 44.8 Å². The lowest BCUT2D eigenvalue weighted by atomic mass is 10.1. The second-order valence-corrected chi connectivity index (χ2v) is 5.64. The Hall–Kier alpha value is -1.41. The van der Waals surface area contributed by atoms with Crippen LogP contribution < -0.4 is 4.74 Å². The summed E-state index contributed by atoms with van der Waals surface area (Å²) in [7, 11) is 0. The molecule has 0 saturated carbocycles. The van der Waals surface area contributed by atoms with Crippen molar-refractivity contribution < 1.29 is 31.8 Å². The normalized spacial score (nSPS) is 20.3. The van der Waals surface area contributed by atoms with Crippen molar-refractivity contribution in [3.05, 3.63) is 29.8 Å². The van der Waals surface area contributed by atoms with Crippen molar-refractivity contribution in [3.63, 3.8) is 0 Å². The van der Waals surface area contributed by atoms with Crippen molar-refractivity contribution in [1.82, 2.24) is 4.90 Å². The summed E-state index contributed by atoms with van der Waals surface area (Å²) in [6.45, 7) is 0.476. The van der Waals surface area contributed by atoms with Crippen molar-refractivity contribution in [2.45, 2.75) is 31.0 Å². The molecule has 8 heteroatoms. The summed E-state index contributed by atoms with van der Waals surface area (Å²) < 4.78 is 68.5. The predicted octanol–water partition coefficient (Wildman–Crippen LogP) is 3.18. The largest absolute Gasteiger partial charge is 0.491 e. The molecule has 2 rings (SSSR count). The molecular weight excluding hydrogens is 321 g/mol. The molecule has 1 aromatic carbocycles. The number of hydrogen-bond donors (Lipinski definition) is 1. The van der Waals surface area contributed by atoms with Gasteiger partial charge in [-0.05, 0) is 24.3 Å². The van der Waals surface area contributed by atoms with Crippen LogP contribution in [0.1, 0.15) is 18.4 Å². The maximum Gasteiger partial charge on any atom is 0.416 e. The summed E-state index contributed by atoms with van der Waals surface area (Å²) in [5.74, 6) is -2.43. The SMILES string of the molecule is O[C@H](COc1ccc(C(F)(F)F)cc1)CN1CCC(F)(F)CC1. The minimum absolute atomic E-state index is 0.113. The predicted molar refractivity (Wildman–Crippen MR) is 73.6 cm³/mol. The third kappa shape index (κ3) is 5.62. The summed E-state index contributed by atoms with van der Waals surface area (Å²) in [5.41, 5.74) is -0.778. The number of piperidine rings is 1. The van der Waals surface area contributed by atoms with Crippen LogP contribution in [-0.4, -0.2) is 48.3 Å². The molecule has 130 valence electrons. The van der Waals surface area contributed by atoms with Crippen LogP contribution in [0.4, 0.5) is 22.0 Å². The van der Waals surface area contributed by atoms with Gasteiger partial charge in [0.15, 0.2) is 0 Å². The average Bonchev–Trinajstić information content (AvgIpc) is 2.47. The third-order valence-electron chi connectivity index (χ3n) is 3.68. The van der Waals surface area contributed by atoms with Crippen LogP contribution in [0.3, 0.4) is 0 Å². The lowest BCUT2D eigenvalue weighted by molar-refractivity contribution is -0.137. The average molecular weight is 339 g/mol. The zero-order valence-electron chi connectivity index (χ0n) is 12.3. The molecule has 3 nitrogen and oxygen atoms in total. The first-order chi connectivity index (χ1) is 10.7. The smallest absolute Gasteiger partial charge is 0.416 e. The number of likely N-dealkylation sites (tertiary alicyclic amines) is 1. The molecule has 1 aliphatic heterocycles. The van der Waals surface area contributed by atoms with E-state index in [1.807, 2.05) is 0 Å². The fourth-order valence-corrected chi connectivity index (χ4v) is 2.35. The van der Waals surface area contributed by atoms with Gasteiger partial charge in [-0.3, -0.25) is 0 Å². The van der Waals surface area contributed by atoms with Crippen molar-refractivity contribution >= 4 is 0 Å². The van der Waals surface area contributed by atoms with Crippen molar-refractivity contribution in [2.75, 3.05) is 26.2 Å². The molecule has 0 radical (unpaired) electrons. The topological polar surface area (TPSA) is 32.7 Å². The number of ether oxygens (including phenoxy) is 1. The lowest BCUT2D eigenvalue weighted by Gasteiger charge is -2.32. The van der Waals surface area contributed by atoms with E-state index in [1.165, 1.54) is 12.1 Å². The number of halogens is 5. The maximum atomic E-state index is 13.0. The number of hydrogen-bond acceptors (Lipinski definition) is 3. The Morgan fingerprint density at radius 3 is 2.22 bits per heavy atom. The Kier molecular flexibility index (Phi) is 5.46. The molecule has 0 aliphatic carbocycles. The molecule has 1 heterocycles. The van der Waals surface area contributed by atoms with Gasteiger partial charge < -0.3 is 14.7 Å². The van der Waals surface area contributed by atoms with E-state index in [1.54, 1.807) is 4.90 Å². The number of aliphatic hydroxyl groups is 1. The molecule has 0 unspecified atom stereocenters. The standard InChI is InChI=1S/C15H18F5NO2/c16-14(17)5-7-21(8-6-14)9-12(22)10-23-13-3-1-11(2-4-13)15(18,19)20/h1-4,12,22H,5-10H2/t12-/m0/s1. The molecule has 1 fully saturated rings. The summed E-state index contributed by atoms with van der Waals surface area (Å²) >= 11 is 0. The fraction of sp³-hybridized carbons (Fsp3) is 0.600. The second-order valence-electron chi connectivity index (χ2n) is 5.64. The molecule has 0 aromatic heterocycles. The van der Waals surface area contributed by atoms with E-state index >= 15 is 0 Å². The first-order valence-electron chi connectivity index (χ1n) is 7.24. The van der Waals surface area contributed by atoms with Crippen molar-refractivity contribution in [1.29, 1.82) is 0 Å². The van der Waals surface area contributed by atoms with Gasteiger partial charge in [0.2, 0.25) is 0 Å². The third-order valence-corrected chi connectivity index (χ3v) is 3.68. The molecule has 23 heavy (non-hydrogen) atoms. The molecule has 0 spiro atoms. The molecule has 1 aromatic rings. The van der Waals surface area contributed by atoms with E-state index in [0.29, 0.717) is 0 Å². The fourth-order valence-electron chi connectivity index (χ4n) is 2.35. The van der Waals surface area contributed by atoms with Gasteiger partial charge in [-0.25, -0.2) is 8.78 Å². The van der Waals surface area contributed by atoms with Crippen LogP contribution in [0.2, 0.25) is 0 Å². The molecule has 0 bridgehead atoms. The van der Waals surface area contributed by atoms with Gasteiger partial charge >= 0.3 is 6.18 Å². The Labute approximate surface area is 130 Å². The van der Waals surface area contributed by atoms with Gasteiger partial charge in [0.1, 0.15) is 18.5 Å². The molecule has 0 amide bonds. The molecule has 1 aliphatic rings. The zero-order chi connectivity index (χ0) is 17.1. The van der Waals surface area contributed by atoms with Gasteiger partial charge in [0, 0.05) is 32.5 Å². The van der Waals surface area contributed by atoms with E-state index < -0.39 is 23.8 Å². The van der Waals surface area contributed by atoms with Crippen molar-refractivity contribution in [3.8, 4) is 5.75 Å². The van der Waals surface area contributed by atoms with Gasteiger partial charge in [0.05, 0.1) is 5.56 Å². The van der Waals surface area contributed by atoms with Gasteiger partial charge in [0.25, 0.3) is 5.92 Å². The van der Waals surface area contributed by atoms with Crippen LogP contribution in [0.15, 0.2) is 24.3 Å². The van der Waals surface area contributed by atoms with E-state index in [2.05, 4.69) is 0 Å². The van der Waals surface area contributed by atoms with Crippen LogP contribution in [0.5, 0.6) is 5.75 Å². The number of β-amino-alcohol motifs (C(OH)–C–C–N with tert-alkyl or cyclic N) is 1. The quantitative estimate of drug-likeness (QED) is 0.837. The van der Waals surface area contributed by atoms with Crippen LogP contribution in [0.25, 0.3) is 0 Å². The highest BCUT2D eigenvalue weighted by Gasteiger charge is 2.34. The van der Waals surface area contributed by atoms with Crippen molar-refractivity contribution in [2.24, 2.45) is 0 Å². The summed E-state index contributed by atoms with van der Waals surface area (Å²) in [6, 6.07) is 4.15. The number of alkyl halides is 5. The van der Waals surface area contributed by atoms with Crippen LogP contribution in [-0.2, 0) is 6.18 Å². The highest BCUT2D eigenvalue weighted by atomic mass is 19.4. The van der Waals surface area contributed by atoms with Crippen LogP contribution in [0, 0.1) is 0 Å². The minimum Gasteiger partial charge on any atom is -0.491 e. The van der Waals surface area contributed by atoms with Crippen LogP contribution >= 0.6 is 0 Å². The van der Waals surface area contributed by atoms with Gasteiger partial charge in [-0.2, -0.15) is 13.2 Å². The molecule has 1 saturated heterocycles. The Bertz CT molecular complexity index is 494. The number of rotatable bonds is 5. The maximum absolute atomic E-state index is 13.0.